The van der Waals surface area contributed by atoms with Gasteiger partial charge in [0.15, 0.2) is 0 Å². The molecule has 1 aliphatic heterocycles. The number of hydrogen-bond donors (Lipinski definition) is 3. The van der Waals surface area contributed by atoms with Gasteiger partial charge < -0.3 is 20.4 Å². The quantitative estimate of drug-likeness (QED) is 0.751. The molecule has 3 N–H and O–H groups in total. The number of fused-ring (bicyclic) bond motifs is 1. The van der Waals surface area contributed by atoms with Crippen molar-refractivity contribution in [3.05, 3.63) is 35.4 Å². The molecule has 2 amide bonds. The highest BCUT2D eigenvalue weighted by Gasteiger charge is 2.27. The highest BCUT2D eigenvalue weighted by Crippen LogP contribution is 2.22. The van der Waals surface area contributed by atoms with Crippen molar-refractivity contribution < 1.29 is 24.6 Å². The second kappa shape index (κ2) is 6.25. The van der Waals surface area contributed by atoms with Crippen molar-refractivity contribution in [2.45, 2.75) is 32.0 Å². The van der Waals surface area contributed by atoms with Crippen LogP contribution in [0.2, 0.25) is 0 Å². The minimum atomic E-state index is -1.23. The monoisotopic (exact) mass is 292 g/mol. The molecule has 112 valence electrons. The Morgan fingerprint density at radius 3 is 2.19 bits per heavy atom. The van der Waals surface area contributed by atoms with Gasteiger partial charge in [-0.05, 0) is 17.5 Å². The van der Waals surface area contributed by atoms with Crippen molar-refractivity contribution >= 4 is 18.0 Å². The van der Waals surface area contributed by atoms with Gasteiger partial charge in [0.05, 0.1) is 0 Å². The van der Waals surface area contributed by atoms with Crippen LogP contribution in [0.25, 0.3) is 0 Å². The van der Waals surface area contributed by atoms with E-state index in [9.17, 15) is 14.4 Å². The van der Waals surface area contributed by atoms with Crippen LogP contribution in [0, 0.1) is 0 Å². The largest absolute Gasteiger partial charge is 0.481 e. The molecule has 1 aliphatic rings. The standard InChI is InChI=1S/C14H16N2O5/c17-12(18)6-5-11(13(19)20)15-14(21)16-7-9-3-1-2-4-10(9)8-16/h1-4,11H,5-8H2,(H,15,21)(H,17,18)(H,19,20). The maximum Gasteiger partial charge on any atom is 0.326 e. The minimum absolute atomic E-state index is 0.142. The number of hydrogen-bond acceptors (Lipinski definition) is 3. The number of carboxylic acid groups (broad SMARTS) is 2. The van der Waals surface area contributed by atoms with Crippen LogP contribution >= 0.6 is 0 Å². The van der Waals surface area contributed by atoms with E-state index < -0.39 is 24.0 Å². The second-order valence-electron chi connectivity index (χ2n) is 4.90. The van der Waals surface area contributed by atoms with Crippen molar-refractivity contribution in [1.82, 2.24) is 10.2 Å². The summed E-state index contributed by atoms with van der Waals surface area (Å²) in [6.07, 6.45) is -0.450. The predicted molar refractivity (Wildman–Crippen MR) is 72.5 cm³/mol. The van der Waals surface area contributed by atoms with Crippen LogP contribution in [0.15, 0.2) is 24.3 Å². The zero-order chi connectivity index (χ0) is 15.4. The number of nitrogens with zero attached hydrogens (tertiary/aromatic N) is 1. The van der Waals surface area contributed by atoms with Gasteiger partial charge in [0.2, 0.25) is 0 Å². The molecular formula is C14H16N2O5. The first kappa shape index (κ1) is 14.8. The first-order valence-electron chi connectivity index (χ1n) is 6.54. The van der Waals surface area contributed by atoms with E-state index in [1.807, 2.05) is 24.3 Å². The molecule has 2 rings (SSSR count). The molecule has 1 aromatic rings. The normalized spacial score (nSPS) is 14.4. The molecule has 1 unspecified atom stereocenters. The van der Waals surface area contributed by atoms with Gasteiger partial charge in [0.25, 0.3) is 0 Å². The van der Waals surface area contributed by atoms with Crippen molar-refractivity contribution in [3.8, 4) is 0 Å². The number of amides is 2. The summed E-state index contributed by atoms with van der Waals surface area (Å²) >= 11 is 0. The number of aliphatic carboxylic acids is 2. The van der Waals surface area contributed by atoms with E-state index in [1.165, 1.54) is 4.90 Å². The zero-order valence-corrected chi connectivity index (χ0v) is 11.3. The van der Waals surface area contributed by atoms with Crippen molar-refractivity contribution in [3.63, 3.8) is 0 Å². The summed E-state index contributed by atoms with van der Waals surface area (Å²) in [5.41, 5.74) is 2.06. The van der Waals surface area contributed by atoms with Gasteiger partial charge in [-0.3, -0.25) is 4.79 Å². The van der Waals surface area contributed by atoms with Gasteiger partial charge in [0, 0.05) is 19.5 Å². The fourth-order valence-electron chi connectivity index (χ4n) is 2.24. The highest BCUT2D eigenvalue weighted by atomic mass is 16.4. The lowest BCUT2D eigenvalue weighted by atomic mass is 10.1. The van der Waals surface area contributed by atoms with Gasteiger partial charge in [-0.1, -0.05) is 24.3 Å². The average molecular weight is 292 g/mol. The van der Waals surface area contributed by atoms with Crippen LogP contribution in [0.5, 0.6) is 0 Å². The van der Waals surface area contributed by atoms with Crippen LogP contribution in [-0.4, -0.2) is 39.1 Å². The smallest absolute Gasteiger partial charge is 0.326 e. The Kier molecular flexibility index (Phi) is 4.42. The maximum absolute atomic E-state index is 12.1. The molecule has 0 bridgehead atoms. The van der Waals surface area contributed by atoms with E-state index in [-0.39, 0.29) is 12.8 Å². The summed E-state index contributed by atoms with van der Waals surface area (Å²) in [6.45, 7) is 0.848. The number of carboxylic acids is 2. The second-order valence-corrected chi connectivity index (χ2v) is 4.90. The zero-order valence-electron chi connectivity index (χ0n) is 11.3. The summed E-state index contributed by atoms with van der Waals surface area (Å²) in [7, 11) is 0. The molecular weight excluding hydrogens is 276 g/mol. The van der Waals surface area contributed by atoms with Crippen molar-refractivity contribution in [2.24, 2.45) is 0 Å². The number of rotatable bonds is 5. The van der Waals surface area contributed by atoms with Crippen LogP contribution in [0.1, 0.15) is 24.0 Å². The first-order chi connectivity index (χ1) is 9.97. The third-order valence-corrected chi connectivity index (χ3v) is 3.37. The minimum Gasteiger partial charge on any atom is -0.481 e. The lowest BCUT2D eigenvalue weighted by Gasteiger charge is -2.20. The number of urea groups is 1. The number of benzene rings is 1. The van der Waals surface area contributed by atoms with Crippen LogP contribution in [0.3, 0.4) is 0 Å². The van der Waals surface area contributed by atoms with Crippen LogP contribution in [0.4, 0.5) is 4.79 Å². The third-order valence-electron chi connectivity index (χ3n) is 3.37. The molecule has 1 aromatic carbocycles. The predicted octanol–water partition coefficient (Wildman–Crippen LogP) is 1.03. The maximum atomic E-state index is 12.1. The Morgan fingerprint density at radius 1 is 1.14 bits per heavy atom. The molecule has 0 aromatic heterocycles. The van der Waals surface area contributed by atoms with E-state index in [0.29, 0.717) is 13.1 Å². The number of carbonyl (C=O) groups excluding carboxylic acids is 1. The van der Waals surface area contributed by atoms with E-state index in [4.69, 9.17) is 10.2 Å². The first-order valence-corrected chi connectivity index (χ1v) is 6.54. The Morgan fingerprint density at radius 2 is 1.71 bits per heavy atom. The number of nitrogens with one attached hydrogen (secondary N) is 1. The molecule has 7 nitrogen and oxygen atoms in total. The Hall–Kier alpha value is -2.57. The summed E-state index contributed by atoms with van der Waals surface area (Å²) in [4.78, 5) is 35.1. The van der Waals surface area contributed by atoms with Crippen molar-refractivity contribution in [1.29, 1.82) is 0 Å². The Labute approximate surface area is 121 Å². The average Bonchev–Trinajstić information content (AvgIpc) is 2.86. The van der Waals surface area contributed by atoms with E-state index in [2.05, 4.69) is 5.32 Å². The highest BCUT2D eigenvalue weighted by molar-refractivity contribution is 5.83. The summed E-state index contributed by atoms with van der Waals surface area (Å²) < 4.78 is 0. The summed E-state index contributed by atoms with van der Waals surface area (Å²) in [5.74, 6) is -2.33. The van der Waals surface area contributed by atoms with Gasteiger partial charge in [-0.15, -0.1) is 0 Å². The van der Waals surface area contributed by atoms with Crippen LogP contribution in [-0.2, 0) is 22.7 Å². The molecule has 1 atom stereocenters. The molecule has 1 heterocycles. The van der Waals surface area contributed by atoms with Gasteiger partial charge >= 0.3 is 18.0 Å². The molecule has 0 fully saturated rings. The van der Waals surface area contributed by atoms with E-state index in [1.54, 1.807) is 0 Å². The number of carbonyl (C=O) groups is 3. The van der Waals surface area contributed by atoms with Gasteiger partial charge in [-0.2, -0.15) is 0 Å². The van der Waals surface area contributed by atoms with Gasteiger partial charge in [0.1, 0.15) is 6.04 Å². The third kappa shape index (κ3) is 3.71. The summed E-state index contributed by atoms with van der Waals surface area (Å²) in [6, 6.07) is 5.91. The van der Waals surface area contributed by atoms with Gasteiger partial charge in [-0.25, -0.2) is 9.59 Å². The van der Waals surface area contributed by atoms with E-state index >= 15 is 0 Å². The van der Waals surface area contributed by atoms with Crippen LogP contribution < -0.4 is 5.32 Å². The molecule has 0 spiro atoms. The topological polar surface area (TPSA) is 107 Å². The molecule has 0 saturated carbocycles. The Balaban J connectivity index is 1.94. The SMILES string of the molecule is O=C(O)CCC(NC(=O)N1Cc2ccccc2C1)C(=O)O. The van der Waals surface area contributed by atoms with Crippen molar-refractivity contribution in [2.75, 3.05) is 0 Å². The molecule has 7 heteroatoms. The molecule has 21 heavy (non-hydrogen) atoms. The lowest BCUT2D eigenvalue weighted by Crippen LogP contribution is -2.46. The molecule has 0 radical (unpaired) electrons. The Bertz CT molecular complexity index is 547. The molecule has 0 aliphatic carbocycles. The fraction of sp³-hybridized carbons (Fsp3) is 0.357. The fourth-order valence-corrected chi connectivity index (χ4v) is 2.24. The molecule has 0 saturated heterocycles. The lowest BCUT2D eigenvalue weighted by molar-refractivity contribution is -0.140. The van der Waals surface area contributed by atoms with E-state index in [0.717, 1.165) is 11.1 Å². The summed E-state index contributed by atoms with van der Waals surface area (Å²) in [5, 5.41) is 20.0.